The van der Waals surface area contributed by atoms with Crippen molar-refractivity contribution in [2.75, 3.05) is 6.61 Å². The Morgan fingerprint density at radius 3 is 2.26 bits per heavy atom. The number of nitro groups is 1. The van der Waals surface area contributed by atoms with Gasteiger partial charge in [-0.05, 0) is 54.1 Å². The molecule has 0 bridgehead atoms. The van der Waals surface area contributed by atoms with E-state index in [9.17, 15) is 28.1 Å². The number of oxime groups is 1. The van der Waals surface area contributed by atoms with Gasteiger partial charge in [0, 0.05) is 40.2 Å². The topological polar surface area (TPSA) is 145 Å². The first-order valence-electron chi connectivity index (χ1n) is 11.0. The maximum atomic E-state index is 12.8. The van der Waals surface area contributed by atoms with E-state index in [1.54, 1.807) is 24.3 Å². The molecule has 0 aliphatic rings. The van der Waals surface area contributed by atoms with Gasteiger partial charge in [-0.2, -0.15) is 0 Å². The minimum atomic E-state index is -3.95. The van der Waals surface area contributed by atoms with Crippen molar-refractivity contribution in [2.45, 2.75) is 23.6 Å². The average molecular weight is 578 g/mol. The van der Waals surface area contributed by atoms with Gasteiger partial charge in [-0.1, -0.05) is 40.5 Å². The van der Waals surface area contributed by atoms with Gasteiger partial charge in [-0.3, -0.25) is 19.7 Å². The molecule has 0 fully saturated rings. The lowest BCUT2D eigenvalue weighted by Gasteiger charge is -2.08. The molecule has 3 aromatic rings. The fourth-order valence-electron chi connectivity index (χ4n) is 3.22. The minimum Gasteiger partial charge on any atom is -0.386 e. The number of rotatable bonds is 12. The molecule has 0 radical (unpaired) electrons. The summed E-state index contributed by atoms with van der Waals surface area (Å²) in [5.41, 5.74) is 0.339. The molecule has 0 atom stereocenters. The number of Topliss-reactive ketones (excluding diaryl/α,β-unsaturated/α-hetero) is 1. The van der Waals surface area contributed by atoms with Crippen LogP contribution in [0.3, 0.4) is 0 Å². The third-order valence-corrected chi connectivity index (χ3v) is 7.33. The zero-order valence-corrected chi connectivity index (χ0v) is 22.0. The van der Waals surface area contributed by atoms with Crippen LogP contribution < -0.4 is 5.32 Å². The highest BCUT2D eigenvalue weighted by Crippen LogP contribution is 2.26. The van der Waals surface area contributed by atoms with E-state index in [0.717, 1.165) is 17.8 Å². The molecule has 1 N–H and O–H groups in total. The molecular formula is C25H21Cl2N3O7S. The smallest absolute Gasteiger partial charge is 0.273 e. The third kappa shape index (κ3) is 8.37. The average Bonchev–Trinajstić information content (AvgIpc) is 2.88. The van der Waals surface area contributed by atoms with Crippen LogP contribution in [0.4, 0.5) is 5.69 Å². The minimum absolute atomic E-state index is 0.0593. The molecule has 0 saturated heterocycles. The Kier molecular flexibility index (Phi) is 9.94. The van der Waals surface area contributed by atoms with Gasteiger partial charge in [0.2, 0.25) is 0 Å². The summed E-state index contributed by atoms with van der Waals surface area (Å²) in [6.45, 7) is -0.0969. The van der Waals surface area contributed by atoms with Crippen molar-refractivity contribution >= 4 is 56.6 Å². The molecular weight excluding hydrogens is 557 g/mol. The summed E-state index contributed by atoms with van der Waals surface area (Å²) in [5.74, 6) is -1.59. The normalized spacial score (nSPS) is 11.3. The molecule has 3 aromatic carbocycles. The van der Waals surface area contributed by atoms with E-state index in [2.05, 4.69) is 10.5 Å². The molecule has 38 heavy (non-hydrogen) atoms. The Labute approximate surface area is 228 Å². The zero-order valence-electron chi connectivity index (χ0n) is 19.7. The predicted molar refractivity (Wildman–Crippen MR) is 142 cm³/mol. The molecule has 13 heteroatoms. The van der Waals surface area contributed by atoms with Gasteiger partial charge in [0.1, 0.15) is 0 Å². The van der Waals surface area contributed by atoms with Crippen molar-refractivity contribution in [3.63, 3.8) is 0 Å². The van der Waals surface area contributed by atoms with Crippen LogP contribution in [0.5, 0.6) is 0 Å². The number of carbonyl (C=O) groups is 2. The van der Waals surface area contributed by atoms with E-state index in [4.69, 9.17) is 28.0 Å². The number of amides is 1. The quantitative estimate of drug-likeness (QED) is 0.141. The zero-order chi connectivity index (χ0) is 27.7. The summed E-state index contributed by atoms with van der Waals surface area (Å²) in [5, 5.41) is 18.6. The first kappa shape index (κ1) is 28.8. The molecule has 0 heterocycles. The number of ketones is 1. The summed E-state index contributed by atoms with van der Waals surface area (Å²) < 4.78 is 25.6. The predicted octanol–water partition coefficient (Wildman–Crippen LogP) is 4.77. The molecule has 1 amide bonds. The maximum Gasteiger partial charge on any atom is 0.273 e. The molecule has 198 valence electrons. The number of nitro benzene ring substituents is 1. The number of carbonyl (C=O) groups excluding carboxylic acids is 2. The highest BCUT2D eigenvalue weighted by molar-refractivity contribution is 7.90. The summed E-state index contributed by atoms with van der Waals surface area (Å²) >= 11 is 11.6. The Balaban J connectivity index is 1.57. The van der Waals surface area contributed by atoms with Crippen molar-refractivity contribution in [1.82, 2.24) is 5.32 Å². The largest absolute Gasteiger partial charge is 0.386 e. The van der Waals surface area contributed by atoms with Crippen molar-refractivity contribution in [3.05, 3.63) is 104 Å². The maximum absolute atomic E-state index is 12.8. The first-order valence-corrected chi connectivity index (χ1v) is 13.4. The monoisotopic (exact) mass is 577 g/mol. The number of hydrogen-bond donors (Lipinski definition) is 1. The van der Waals surface area contributed by atoms with Gasteiger partial charge in [0.05, 0.1) is 21.8 Å². The van der Waals surface area contributed by atoms with E-state index in [1.165, 1.54) is 36.4 Å². The van der Waals surface area contributed by atoms with Crippen LogP contribution in [0.25, 0.3) is 0 Å². The van der Waals surface area contributed by atoms with Gasteiger partial charge >= 0.3 is 0 Å². The lowest BCUT2D eigenvalue weighted by Crippen LogP contribution is -2.26. The SMILES string of the molecule is O=C(CO/N=C/CC(=O)c1ccc([N+](=O)[O-])c(CS(=O)(=O)c2ccc(Cl)cc2)c1)NCc1ccc(Cl)cc1. The van der Waals surface area contributed by atoms with Gasteiger partial charge < -0.3 is 10.2 Å². The fourth-order valence-corrected chi connectivity index (χ4v) is 4.83. The lowest BCUT2D eigenvalue weighted by atomic mass is 10.0. The molecule has 3 rings (SSSR count). The second-order valence-corrected chi connectivity index (χ2v) is 10.8. The molecule has 0 spiro atoms. The number of benzene rings is 3. The van der Waals surface area contributed by atoms with Crippen LogP contribution >= 0.6 is 23.2 Å². The standard InChI is InChI=1S/C25H21Cl2N3O7S/c26-20-4-1-17(2-5-20)14-28-25(32)15-37-29-12-11-24(31)18-3-10-23(30(33)34)19(13-18)16-38(35,36)22-8-6-21(27)7-9-22/h1-10,12-13H,11,14-16H2,(H,28,32)/b29-12+. The third-order valence-electron chi connectivity index (χ3n) is 5.14. The van der Waals surface area contributed by atoms with Crippen molar-refractivity contribution in [2.24, 2.45) is 5.16 Å². The van der Waals surface area contributed by atoms with Crippen LogP contribution in [-0.2, 0) is 31.8 Å². The van der Waals surface area contributed by atoms with Crippen LogP contribution in [0.2, 0.25) is 10.0 Å². The number of halogens is 2. The van der Waals surface area contributed by atoms with Crippen molar-refractivity contribution in [1.29, 1.82) is 0 Å². The number of hydrogen-bond acceptors (Lipinski definition) is 8. The molecule has 0 aliphatic heterocycles. The Morgan fingerprint density at radius 2 is 1.63 bits per heavy atom. The van der Waals surface area contributed by atoms with Crippen LogP contribution in [0.1, 0.15) is 27.9 Å². The van der Waals surface area contributed by atoms with E-state index in [-0.39, 0.29) is 35.6 Å². The Morgan fingerprint density at radius 1 is 1.00 bits per heavy atom. The highest BCUT2D eigenvalue weighted by atomic mass is 35.5. The summed E-state index contributed by atoms with van der Waals surface area (Å²) in [6, 6.07) is 15.8. The highest BCUT2D eigenvalue weighted by Gasteiger charge is 2.23. The number of sulfone groups is 1. The van der Waals surface area contributed by atoms with E-state index >= 15 is 0 Å². The van der Waals surface area contributed by atoms with E-state index < -0.39 is 37.9 Å². The fraction of sp³-hybridized carbons (Fsp3) is 0.160. The van der Waals surface area contributed by atoms with Crippen LogP contribution in [0, 0.1) is 10.1 Å². The summed E-state index contributed by atoms with van der Waals surface area (Å²) in [4.78, 5) is 40.0. The number of nitrogens with zero attached hydrogens (tertiary/aromatic N) is 2. The van der Waals surface area contributed by atoms with Crippen LogP contribution in [0.15, 0.2) is 76.8 Å². The van der Waals surface area contributed by atoms with Gasteiger partial charge in [0.25, 0.3) is 11.6 Å². The Hall–Kier alpha value is -3.80. The van der Waals surface area contributed by atoms with Crippen molar-refractivity contribution in [3.8, 4) is 0 Å². The van der Waals surface area contributed by atoms with Gasteiger partial charge in [-0.25, -0.2) is 8.42 Å². The molecule has 0 saturated carbocycles. The van der Waals surface area contributed by atoms with E-state index in [1.807, 2.05) is 0 Å². The summed E-state index contributed by atoms with van der Waals surface area (Å²) in [6.07, 6.45) is 0.897. The van der Waals surface area contributed by atoms with Gasteiger partial charge in [-0.15, -0.1) is 0 Å². The van der Waals surface area contributed by atoms with E-state index in [0.29, 0.717) is 10.0 Å². The molecule has 0 aliphatic carbocycles. The second kappa shape index (κ2) is 13.1. The first-order chi connectivity index (χ1) is 18.0. The van der Waals surface area contributed by atoms with Crippen LogP contribution in [-0.4, -0.2) is 37.9 Å². The molecule has 0 aromatic heterocycles. The lowest BCUT2D eigenvalue weighted by molar-refractivity contribution is -0.385. The Bertz CT molecular complexity index is 1460. The number of nitrogens with one attached hydrogen (secondary N) is 1. The van der Waals surface area contributed by atoms with Gasteiger partial charge in [0.15, 0.2) is 22.2 Å². The summed E-state index contributed by atoms with van der Waals surface area (Å²) in [7, 11) is -3.95. The van der Waals surface area contributed by atoms with Crippen molar-refractivity contribution < 1.29 is 27.8 Å². The molecule has 0 unspecified atom stereocenters. The second-order valence-electron chi connectivity index (χ2n) is 7.91. The molecule has 10 nitrogen and oxygen atoms in total.